The Morgan fingerprint density at radius 1 is 1.50 bits per heavy atom. The van der Waals surface area contributed by atoms with Crippen LogP contribution in [-0.4, -0.2) is 25.8 Å². The molecule has 1 aromatic rings. The Hall–Kier alpha value is -1.58. The van der Waals surface area contributed by atoms with Crippen LogP contribution in [0, 0.1) is 25.1 Å². The maximum absolute atomic E-state index is 13.5. The Bertz CT molecular complexity index is 568. The first-order valence-corrected chi connectivity index (χ1v) is 6.77. The molecule has 1 aromatic carbocycles. The monoisotopic (exact) mass is 270 g/mol. The SMILES string of the molecule is C#CCN(CC)S(=O)(=O)c1cc(N)c(C)c(F)c1. The predicted octanol–water partition coefficient (Wildman–Crippen LogP) is 1.36. The highest BCUT2D eigenvalue weighted by Crippen LogP contribution is 2.23. The van der Waals surface area contributed by atoms with E-state index in [0.29, 0.717) is 0 Å². The fourth-order valence-electron chi connectivity index (χ4n) is 1.44. The summed E-state index contributed by atoms with van der Waals surface area (Å²) >= 11 is 0. The van der Waals surface area contributed by atoms with Gasteiger partial charge in [-0.25, -0.2) is 12.8 Å². The van der Waals surface area contributed by atoms with Crippen molar-refractivity contribution < 1.29 is 12.8 Å². The van der Waals surface area contributed by atoms with E-state index in [4.69, 9.17) is 12.2 Å². The summed E-state index contributed by atoms with van der Waals surface area (Å²) in [5.74, 6) is 1.61. The third-order valence-electron chi connectivity index (χ3n) is 2.62. The fourth-order valence-corrected chi connectivity index (χ4v) is 2.85. The zero-order valence-electron chi connectivity index (χ0n) is 10.3. The molecule has 0 aliphatic rings. The summed E-state index contributed by atoms with van der Waals surface area (Å²) in [7, 11) is -3.80. The number of nitrogens with two attached hydrogens (primary N) is 1. The molecular weight excluding hydrogens is 255 g/mol. The highest BCUT2D eigenvalue weighted by atomic mass is 32.2. The number of nitrogens with zero attached hydrogens (tertiary/aromatic N) is 1. The summed E-state index contributed by atoms with van der Waals surface area (Å²) in [6.07, 6.45) is 5.11. The second-order valence-electron chi connectivity index (χ2n) is 3.75. The van der Waals surface area contributed by atoms with E-state index in [-0.39, 0.29) is 29.2 Å². The second kappa shape index (κ2) is 5.38. The quantitative estimate of drug-likeness (QED) is 0.663. The number of anilines is 1. The van der Waals surface area contributed by atoms with Crippen LogP contribution in [-0.2, 0) is 10.0 Å². The van der Waals surface area contributed by atoms with Crippen molar-refractivity contribution in [2.75, 3.05) is 18.8 Å². The minimum atomic E-state index is -3.80. The van der Waals surface area contributed by atoms with Crippen LogP contribution < -0.4 is 5.73 Å². The molecule has 0 bridgehead atoms. The van der Waals surface area contributed by atoms with Crippen molar-refractivity contribution in [3.63, 3.8) is 0 Å². The Labute approximate surface area is 107 Å². The maximum Gasteiger partial charge on any atom is 0.244 e. The lowest BCUT2D eigenvalue weighted by molar-refractivity contribution is 0.463. The van der Waals surface area contributed by atoms with Crippen molar-refractivity contribution in [1.29, 1.82) is 0 Å². The van der Waals surface area contributed by atoms with Crippen LogP contribution in [0.3, 0.4) is 0 Å². The van der Waals surface area contributed by atoms with Gasteiger partial charge in [-0.1, -0.05) is 12.8 Å². The first-order chi connectivity index (χ1) is 8.34. The van der Waals surface area contributed by atoms with Crippen molar-refractivity contribution in [2.45, 2.75) is 18.7 Å². The van der Waals surface area contributed by atoms with E-state index in [1.165, 1.54) is 13.0 Å². The van der Waals surface area contributed by atoms with Gasteiger partial charge in [0.25, 0.3) is 0 Å². The van der Waals surface area contributed by atoms with Gasteiger partial charge in [0.05, 0.1) is 11.4 Å². The van der Waals surface area contributed by atoms with Crippen LogP contribution in [0.25, 0.3) is 0 Å². The number of hydrogen-bond donors (Lipinski definition) is 1. The molecule has 0 unspecified atom stereocenters. The van der Waals surface area contributed by atoms with Crippen molar-refractivity contribution in [2.24, 2.45) is 0 Å². The van der Waals surface area contributed by atoms with Crippen LogP contribution in [0.15, 0.2) is 17.0 Å². The molecule has 0 aliphatic heterocycles. The van der Waals surface area contributed by atoms with Gasteiger partial charge in [0, 0.05) is 17.8 Å². The Balaban J connectivity index is 3.33. The molecule has 18 heavy (non-hydrogen) atoms. The van der Waals surface area contributed by atoms with Crippen LogP contribution >= 0.6 is 0 Å². The van der Waals surface area contributed by atoms with Crippen molar-refractivity contribution >= 4 is 15.7 Å². The summed E-state index contributed by atoms with van der Waals surface area (Å²) in [6.45, 7) is 3.29. The molecule has 6 heteroatoms. The number of rotatable bonds is 4. The minimum absolute atomic E-state index is 0.0613. The molecule has 0 saturated carbocycles. The first kappa shape index (κ1) is 14.5. The van der Waals surface area contributed by atoms with E-state index in [1.807, 2.05) is 0 Å². The van der Waals surface area contributed by atoms with E-state index in [1.54, 1.807) is 6.92 Å². The summed E-state index contributed by atoms with van der Waals surface area (Å²) in [6, 6.07) is 2.20. The van der Waals surface area contributed by atoms with E-state index >= 15 is 0 Å². The number of benzene rings is 1. The fraction of sp³-hybridized carbons (Fsp3) is 0.333. The average molecular weight is 270 g/mol. The largest absolute Gasteiger partial charge is 0.398 e. The first-order valence-electron chi connectivity index (χ1n) is 5.33. The summed E-state index contributed by atoms with van der Waals surface area (Å²) in [5, 5.41) is 0. The van der Waals surface area contributed by atoms with Crippen LogP contribution in [0.5, 0.6) is 0 Å². The second-order valence-corrected chi connectivity index (χ2v) is 5.69. The van der Waals surface area contributed by atoms with E-state index in [9.17, 15) is 12.8 Å². The van der Waals surface area contributed by atoms with Crippen LogP contribution in [0.1, 0.15) is 12.5 Å². The minimum Gasteiger partial charge on any atom is -0.398 e. The molecule has 98 valence electrons. The van der Waals surface area contributed by atoms with E-state index < -0.39 is 15.8 Å². The lowest BCUT2D eigenvalue weighted by Gasteiger charge is -2.18. The molecule has 4 nitrogen and oxygen atoms in total. The van der Waals surface area contributed by atoms with Crippen molar-refractivity contribution in [3.05, 3.63) is 23.5 Å². The normalized spacial score (nSPS) is 11.5. The molecular formula is C12H15FN2O2S. The molecule has 0 amide bonds. The zero-order valence-corrected chi connectivity index (χ0v) is 11.1. The lowest BCUT2D eigenvalue weighted by Crippen LogP contribution is -2.31. The third-order valence-corrected chi connectivity index (χ3v) is 4.51. The lowest BCUT2D eigenvalue weighted by atomic mass is 10.2. The molecule has 0 spiro atoms. The average Bonchev–Trinajstić information content (AvgIpc) is 2.31. The molecule has 1 rings (SSSR count). The number of nitrogen functional groups attached to an aromatic ring is 1. The van der Waals surface area contributed by atoms with Gasteiger partial charge < -0.3 is 5.73 Å². The van der Waals surface area contributed by atoms with Gasteiger partial charge in [-0.15, -0.1) is 6.42 Å². The standard InChI is InChI=1S/C12H15FN2O2S/c1-4-6-15(5-2)18(16,17)10-7-11(13)9(3)12(14)8-10/h1,7-8H,5-6,14H2,2-3H3. The van der Waals surface area contributed by atoms with Crippen molar-refractivity contribution in [1.82, 2.24) is 4.31 Å². The third kappa shape index (κ3) is 2.63. The molecule has 0 heterocycles. The number of hydrogen-bond acceptors (Lipinski definition) is 3. The highest BCUT2D eigenvalue weighted by Gasteiger charge is 2.24. The Kier molecular flexibility index (Phi) is 4.33. The van der Waals surface area contributed by atoms with Gasteiger partial charge in [-0.2, -0.15) is 4.31 Å². The smallest absolute Gasteiger partial charge is 0.244 e. The van der Waals surface area contributed by atoms with Gasteiger partial charge in [0.15, 0.2) is 0 Å². The predicted molar refractivity (Wildman–Crippen MR) is 68.8 cm³/mol. The van der Waals surface area contributed by atoms with Crippen LogP contribution in [0.2, 0.25) is 0 Å². The molecule has 0 radical (unpaired) electrons. The molecule has 0 saturated heterocycles. The van der Waals surface area contributed by atoms with Gasteiger partial charge in [0.2, 0.25) is 10.0 Å². The van der Waals surface area contributed by atoms with Gasteiger partial charge in [-0.3, -0.25) is 0 Å². The van der Waals surface area contributed by atoms with E-state index in [2.05, 4.69) is 5.92 Å². The highest BCUT2D eigenvalue weighted by molar-refractivity contribution is 7.89. The van der Waals surface area contributed by atoms with Gasteiger partial charge in [0.1, 0.15) is 5.82 Å². The van der Waals surface area contributed by atoms with Gasteiger partial charge >= 0.3 is 0 Å². The number of halogens is 1. The molecule has 0 aromatic heterocycles. The Morgan fingerprint density at radius 2 is 2.11 bits per heavy atom. The number of sulfonamides is 1. The molecule has 0 aliphatic carbocycles. The zero-order chi connectivity index (χ0) is 13.9. The maximum atomic E-state index is 13.5. The topological polar surface area (TPSA) is 63.4 Å². The Morgan fingerprint density at radius 3 is 2.56 bits per heavy atom. The van der Waals surface area contributed by atoms with E-state index in [0.717, 1.165) is 10.4 Å². The summed E-state index contributed by atoms with van der Waals surface area (Å²) < 4.78 is 39.0. The molecule has 0 atom stereocenters. The molecule has 2 N–H and O–H groups in total. The summed E-state index contributed by atoms with van der Waals surface area (Å²) in [5.41, 5.74) is 5.90. The molecule has 0 fully saturated rings. The summed E-state index contributed by atoms with van der Waals surface area (Å²) in [4.78, 5) is -0.180. The number of terminal acetylenes is 1. The van der Waals surface area contributed by atoms with Crippen LogP contribution in [0.4, 0.5) is 10.1 Å². The van der Waals surface area contributed by atoms with Gasteiger partial charge in [-0.05, 0) is 19.1 Å². The van der Waals surface area contributed by atoms with Crippen molar-refractivity contribution in [3.8, 4) is 12.3 Å².